The van der Waals surface area contributed by atoms with Crippen molar-refractivity contribution < 1.29 is 22.8 Å². The number of nitrogens with one attached hydrogen (secondary N) is 1. The number of nitrogens with zero attached hydrogens (tertiary/aromatic N) is 4. The molecule has 0 aliphatic rings. The summed E-state index contributed by atoms with van der Waals surface area (Å²) in [6, 6.07) is 7.04. The predicted octanol–water partition coefficient (Wildman–Crippen LogP) is 5.82. The lowest BCUT2D eigenvalue weighted by molar-refractivity contribution is -0.156. The molecule has 5 heterocycles. The summed E-state index contributed by atoms with van der Waals surface area (Å²) < 4.78 is 42.4. The molecule has 1 unspecified atom stereocenters. The molecular formula is C24H16F3N5O2S2. The number of carbonyl (C=O) groups excluding carboxylic acids is 2. The molecular weight excluding hydrogens is 511 g/mol. The first-order valence-electron chi connectivity index (χ1n) is 10.5. The van der Waals surface area contributed by atoms with Gasteiger partial charge in [0.2, 0.25) is 0 Å². The Balaban J connectivity index is 1.39. The predicted molar refractivity (Wildman–Crippen MR) is 130 cm³/mol. The van der Waals surface area contributed by atoms with Crippen LogP contribution in [-0.2, 0) is 0 Å². The van der Waals surface area contributed by atoms with Crippen LogP contribution in [0.15, 0.2) is 66.6 Å². The van der Waals surface area contributed by atoms with Crippen LogP contribution in [0.3, 0.4) is 0 Å². The molecule has 5 aromatic rings. The van der Waals surface area contributed by atoms with Crippen molar-refractivity contribution in [2.24, 2.45) is 0 Å². The number of aromatic nitrogens is 4. The minimum Gasteiger partial charge on any atom is -0.335 e. The average Bonchev–Trinajstić information content (AvgIpc) is 3.61. The molecule has 0 bridgehead atoms. The largest absolute Gasteiger partial charge is 0.414 e. The first-order chi connectivity index (χ1) is 17.2. The van der Waals surface area contributed by atoms with Gasteiger partial charge in [-0.2, -0.15) is 18.3 Å². The molecule has 0 saturated heterocycles. The molecule has 12 heteroatoms. The maximum atomic E-state index is 13.6. The van der Waals surface area contributed by atoms with E-state index in [1.54, 1.807) is 34.6 Å². The fraction of sp³-hybridized carbons (Fsp3) is 0.125. The van der Waals surface area contributed by atoms with Crippen LogP contribution < -0.4 is 5.32 Å². The summed E-state index contributed by atoms with van der Waals surface area (Å²) in [6.45, 7) is 1.51. The number of amides is 1. The van der Waals surface area contributed by atoms with Gasteiger partial charge in [0.25, 0.3) is 5.91 Å². The summed E-state index contributed by atoms with van der Waals surface area (Å²) in [5.74, 6) is -0.870. The van der Waals surface area contributed by atoms with Crippen molar-refractivity contribution in [3.63, 3.8) is 0 Å². The summed E-state index contributed by atoms with van der Waals surface area (Å²) >= 11 is 2.38. The van der Waals surface area contributed by atoms with Gasteiger partial charge in [0, 0.05) is 34.6 Å². The molecule has 5 rings (SSSR count). The minimum absolute atomic E-state index is 0.0134. The van der Waals surface area contributed by atoms with Crippen LogP contribution in [0.1, 0.15) is 38.0 Å². The lowest BCUT2D eigenvalue weighted by Gasteiger charge is -2.20. The van der Waals surface area contributed by atoms with Crippen LogP contribution in [0.2, 0.25) is 0 Å². The van der Waals surface area contributed by atoms with Gasteiger partial charge < -0.3 is 5.32 Å². The molecule has 0 aliphatic heterocycles. The van der Waals surface area contributed by atoms with Gasteiger partial charge in [-0.25, -0.2) is 9.50 Å². The molecule has 0 spiro atoms. The Kier molecular flexibility index (Phi) is 6.14. The van der Waals surface area contributed by atoms with Crippen molar-refractivity contribution in [3.8, 4) is 21.6 Å². The van der Waals surface area contributed by atoms with E-state index in [-0.39, 0.29) is 16.4 Å². The van der Waals surface area contributed by atoms with E-state index < -0.39 is 18.1 Å². The number of alkyl halides is 3. The third kappa shape index (κ3) is 4.64. The van der Waals surface area contributed by atoms with Crippen LogP contribution >= 0.6 is 22.7 Å². The number of carbonyl (C=O) groups is 2. The fourth-order valence-electron chi connectivity index (χ4n) is 3.56. The molecule has 36 heavy (non-hydrogen) atoms. The summed E-state index contributed by atoms with van der Waals surface area (Å²) in [5.41, 5.74) is 2.25. The third-order valence-electron chi connectivity index (χ3n) is 5.31. The van der Waals surface area contributed by atoms with Crippen LogP contribution in [0.25, 0.3) is 27.2 Å². The first-order valence-corrected chi connectivity index (χ1v) is 12.2. The van der Waals surface area contributed by atoms with Gasteiger partial charge in [-0.3, -0.25) is 14.6 Å². The van der Waals surface area contributed by atoms with Crippen LogP contribution in [0.5, 0.6) is 0 Å². The third-order valence-corrected chi connectivity index (χ3v) is 7.48. The summed E-state index contributed by atoms with van der Waals surface area (Å²) in [4.78, 5) is 34.1. The lowest BCUT2D eigenvalue weighted by atomic mass is 10.1. The molecule has 1 atom stereocenters. The number of fused-ring (bicyclic) bond motifs is 1. The Hall–Kier alpha value is -3.90. The quantitative estimate of drug-likeness (QED) is 0.281. The number of Topliss-reactive ketones (excluding diaryl/α,β-unsaturated/α-hetero) is 1. The van der Waals surface area contributed by atoms with Gasteiger partial charge in [0.15, 0.2) is 17.5 Å². The Morgan fingerprint density at radius 1 is 1.06 bits per heavy atom. The van der Waals surface area contributed by atoms with E-state index in [0.29, 0.717) is 21.7 Å². The van der Waals surface area contributed by atoms with Gasteiger partial charge in [0.1, 0.15) is 0 Å². The second-order valence-electron chi connectivity index (χ2n) is 7.79. The van der Waals surface area contributed by atoms with Gasteiger partial charge in [-0.05, 0) is 48.2 Å². The monoisotopic (exact) mass is 527 g/mol. The number of thiophene rings is 2. The summed E-state index contributed by atoms with van der Waals surface area (Å²) in [5, 5.41) is 8.05. The highest BCUT2D eigenvalue weighted by Gasteiger charge is 2.43. The van der Waals surface area contributed by atoms with E-state index in [1.165, 1.54) is 48.7 Å². The van der Waals surface area contributed by atoms with Crippen molar-refractivity contribution in [3.05, 3.63) is 82.0 Å². The SMILES string of the molecule is CC(=O)c1ccc(-c2cnc3c(-c4csc(C(=O)NC(c5ccccn5)C(F)(F)F)c4)cnn3c2)s1. The van der Waals surface area contributed by atoms with Crippen molar-refractivity contribution in [2.75, 3.05) is 0 Å². The zero-order valence-electron chi connectivity index (χ0n) is 18.5. The maximum Gasteiger partial charge on any atom is 0.414 e. The molecule has 0 aromatic carbocycles. The average molecular weight is 528 g/mol. The van der Waals surface area contributed by atoms with Crippen molar-refractivity contribution in [1.82, 2.24) is 24.9 Å². The molecule has 1 amide bonds. The molecule has 0 saturated carbocycles. The highest BCUT2D eigenvalue weighted by Crippen LogP contribution is 2.34. The number of hydrogen-bond acceptors (Lipinski definition) is 7. The Labute approximate surface area is 210 Å². The van der Waals surface area contributed by atoms with E-state index in [0.717, 1.165) is 21.8 Å². The molecule has 0 fully saturated rings. The second-order valence-corrected chi connectivity index (χ2v) is 9.79. The highest BCUT2D eigenvalue weighted by atomic mass is 32.1. The van der Waals surface area contributed by atoms with E-state index in [4.69, 9.17) is 0 Å². The number of hydrogen-bond donors (Lipinski definition) is 1. The van der Waals surface area contributed by atoms with Crippen LogP contribution in [-0.4, -0.2) is 37.4 Å². The topological polar surface area (TPSA) is 89.2 Å². The first kappa shape index (κ1) is 23.8. The molecule has 0 aliphatic carbocycles. The Morgan fingerprint density at radius 3 is 2.58 bits per heavy atom. The Bertz CT molecular complexity index is 1570. The number of halogens is 3. The van der Waals surface area contributed by atoms with Crippen molar-refractivity contribution in [1.29, 1.82) is 0 Å². The van der Waals surface area contributed by atoms with E-state index >= 15 is 0 Å². The zero-order valence-corrected chi connectivity index (χ0v) is 20.1. The maximum absolute atomic E-state index is 13.6. The number of rotatable bonds is 6. The van der Waals surface area contributed by atoms with Gasteiger partial charge in [-0.1, -0.05) is 6.07 Å². The van der Waals surface area contributed by atoms with Gasteiger partial charge in [-0.15, -0.1) is 22.7 Å². The van der Waals surface area contributed by atoms with Gasteiger partial charge >= 0.3 is 6.18 Å². The van der Waals surface area contributed by atoms with Crippen LogP contribution in [0.4, 0.5) is 13.2 Å². The summed E-state index contributed by atoms with van der Waals surface area (Å²) in [6.07, 6.45) is 1.56. The van der Waals surface area contributed by atoms with Crippen LogP contribution in [0, 0.1) is 0 Å². The molecule has 7 nitrogen and oxygen atoms in total. The minimum atomic E-state index is -4.71. The smallest absolute Gasteiger partial charge is 0.335 e. The standard InChI is InChI=1S/C24H16F3N5O2S2/c1-13(33)18-5-6-19(36-18)15-9-29-22-16(10-30-32(22)11-15)14-8-20(35-12-14)23(34)31-21(24(25,26)27)17-4-2-3-7-28-17/h2-12,21H,1H3,(H,31,34). The van der Waals surface area contributed by atoms with Crippen molar-refractivity contribution in [2.45, 2.75) is 19.1 Å². The molecule has 0 radical (unpaired) electrons. The van der Waals surface area contributed by atoms with E-state index in [9.17, 15) is 22.8 Å². The van der Waals surface area contributed by atoms with Gasteiger partial charge in [0.05, 0.1) is 21.6 Å². The number of pyridine rings is 1. The molecule has 1 N–H and O–H groups in total. The number of ketones is 1. The fourth-order valence-corrected chi connectivity index (χ4v) is 5.24. The zero-order chi connectivity index (χ0) is 25.4. The lowest BCUT2D eigenvalue weighted by Crippen LogP contribution is -2.38. The van der Waals surface area contributed by atoms with E-state index in [2.05, 4.69) is 15.1 Å². The molecule has 182 valence electrons. The second kappa shape index (κ2) is 9.28. The Morgan fingerprint density at radius 2 is 1.89 bits per heavy atom. The van der Waals surface area contributed by atoms with Crippen molar-refractivity contribution >= 4 is 40.0 Å². The van der Waals surface area contributed by atoms with E-state index in [1.807, 2.05) is 11.4 Å². The molecule has 5 aromatic heterocycles. The summed E-state index contributed by atoms with van der Waals surface area (Å²) in [7, 11) is 0. The normalized spacial score (nSPS) is 12.6. The highest BCUT2D eigenvalue weighted by molar-refractivity contribution is 7.17.